The van der Waals surface area contributed by atoms with Crippen LogP contribution in [0.15, 0.2) is 83.9 Å². The lowest BCUT2D eigenvalue weighted by Crippen LogP contribution is -2.30. The number of benzene rings is 2. The Morgan fingerprint density at radius 2 is 1.74 bits per heavy atom. The Kier molecular flexibility index (Phi) is 3.66. The molecule has 0 fully saturated rings. The Bertz CT molecular complexity index is 1550. The number of pyridine rings is 1. The molecule has 0 saturated heterocycles. The van der Waals surface area contributed by atoms with Crippen molar-refractivity contribution in [3.05, 3.63) is 85.3 Å². The number of aromatic amines is 1. The van der Waals surface area contributed by atoms with Crippen LogP contribution in [-0.2, 0) is 0 Å². The van der Waals surface area contributed by atoms with Gasteiger partial charge in [-0.25, -0.2) is 9.37 Å². The van der Waals surface area contributed by atoms with Crippen LogP contribution in [0.3, 0.4) is 0 Å². The van der Waals surface area contributed by atoms with Crippen LogP contribution in [0, 0.1) is 5.82 Å². The molecule has 0 saturated carbocycles. The molecule has 31 heavy (non-hydrogen) atoms. The highest BCUT2D eigenvalue weighted by Crippen LogP contribution is 2.34. The molecule has 4 aromatic heterocycles. The number of hydrogen-bond donors (Lipinski definition) is 2. The van der Waals surface area contributed by atoms with Crippen LogP contribution in [0.1, 0.15) is 0 Å². The Morgan fingerprint density at radius 1 is 0.968 bits per heavy atom. The van der Waals surface area contributed by atoms with Gasteiger partial charge in [-0.2, -0.15) is 4.98 Å². The van der Waals surface area contributed by atoms with Gasteiger partial charge < -0.3 is 9.62 Å². The number of nitrogens with zero attached hydrogens (tertiary/aromatic N) is 4. The van der Waals surface area contributed by atoms with E-state index in [-0.39, 0.29) is 5.82 Å². The first-order chi connectivity index (χ1) is 15.2. The van der Waals surface area contributed by atoms with Gasteiger partial charge in [-0.05, 0) is 59.3 Å². The first kappa shape index (κ1) is 17.4. The Labute approximate surface area is 174 Å². The van der Waals surface area contributed by atoms with Crippen molar-refractivity contribution in [1.29, 1.82) is 0 Å². The van der Waals surface area contributed by atoms with E-state index in [1.807, 2.05) is 34.7 Å². The van der Waals surface area contributed by atoms with Crippen molar-refractivity contribution in [2.75, 3.05) is 0 Å². The minimum absolute atomic E-state index is 0.308. The summed E-state index contributed by atoms with van der Waals surface area (Å²) in [6.07, 6.45) is 6.70. The fraction of sp³-hybridized carbons (Fsp3) is 0. The van der Waals surface area contributed by atoms with Crippen LogP contribution in [0.5, 0.6) is 0 Å². The molecule has 2 N–H and O–H groups in total. The van der Waals surface area contributed by atoms with Gasteiger partial charge in [0.2, 0.25) is 5.52 Å². The number of halogens is 1. The molecule has 0 atom stereocenters. The van der Waals surface area contributed by atoms with Gasteiger partial charge >= 0.3 is 11.7 Å². The fourth-order valence-electron chi connectivity index (χ4n) is 3.84. The smallest absolute Gasteiger partial charge is 0.327 e. The predicted octanol–water partition coefficient (Wildman–Crippen LogP) is 4.47. The molecule has 0 aliphatic rings. The Hall–Kier alpha value is -4.46. The van der Waals surface area contributed by atoms with Crippen LogP contribution in [0.25, 0.3) is 50.8 Å². The highest BCUT2D eigenvalue weighted by molar-refractivity contribution is 5.86. The summed E-state index contributed by atoms with van der Waals surface area (Å²) >= 11 is 0. The van der Waals surface area contributed by atoms with E-state index < -0.39 is 0 Å². The predicted molar refractivity (Wildman–Crippen MR) is 111 cm³/mol. The van der Waals surface area contributed by atoms with Crippen molar-refractivity contribution >= 4 is 16.9 Å². The minimum Gasteiger partial charge on any atom is -0.432 e. The van der Waals surface area contributed by atoms with Crippen LogP contribution in [0.4, 0.5) is 4.39 Å². The zero-order chi connectivity index (χ0) is 20.9. The zero-order valence-corrected chi connectivity index (χ0v) is 16.0. The summed E-state index contributed by atoms with van der Waals surface area (Å²) in [5.74, 6) is 0.683. The van der Waals surface area contributed by atoms with E-state index in [1.165, 1.54) is 12.1 Å². The van der Waals surface area contributed by atoms with E-state index >= 15 is 0 Å². The molecule has 7 nitrogen and oxygen atoms in total. The summed E-state index contributed by atoms with van der Waals surface area (Å²) in [7, 11) is 0. The number of oxazole rings is 1. The van der Waals surface area contributed by atoms with Crippen LogP contribution < -0.4 is 4.73 Å². The number of nitrogens with one attached hydrogen (secondary N) is 1. The highest BCUT2D eigenvalue weighted by Gasteiger charge is 2.23. The molecule has 0 aliphatic heterocycles. The molecule has 4 heterocycles. The fourth-order valence-corrected chi connectivity index (χ4v) is 3.84. The zero-order valence-electron chi connectivity index (χ0n) is 16.0. The normalized spacial score (nSPS) is 11.5. The number of H-pyrrole nitrogens is 1. The summed E-state index contributed by atoms with van der Waals surface area (Å²) in [6, 6.07) is 15.5. The third kappa shape index (κ3) is 2.69. The molecule has 0 spiro atoms. The molecular weight excluding hydrogens is 397 g/mol. The van der Waals surface area contributed by atoms with Gasteiger partial charge in [-0.3, -0.25) is 9.38 Å². The third-order valence-corrected chi connectivity index (χ3v) is 5.30. The van der Waals surface area contributed by atoms with Gasteiger partial charge in [0.1, 0.15) is 17.8 Å². The molecule has 0 unspecified atom stereocenters. The van der Waals surface area contributed by atoms with Crippen LogP contribution in [0.2, 0.25) is 0 Å². The minimum atomic E-state index is -0.308. The quantitative estimate of drug-likeness (QED) is 0.332. The van der Waals surface area contributed by atoms with Gasteiger partial charge in [0.15, 0.2) is 5.52 Å². The number of aromatic nitrogens is 5. The molecular formula is C23H15FN5O2+. The summed E-state index contributed by atoms with van der Waals surface area (Å²) in [4.78, 5) is 11.9. The number of fused-ring (bicyclic) bond motifs is 2. The average Bonchev–Trinajstić information content (AvgIpc) is 3.48. The van der Waals surface area contributed by atoms with Gasteiger partial charge in [0.05, 0.1) is 11.3 Å². The van der Waals surface area contributed by atoms with Crippen LogP contribution >= 0.6 is 0 Å². The lowest BCUT2D eigenvalue weighted by Gasteiger charge is -2.04. The lowest BCUT2D eigenvalue weighted by molar-refractivity contribution is -0.875. The molecule has 0 amide bonds. The highest BCUT2D eigenvalue weighted by atomic mass is 19.1. The monoisotopic (exact) mass is 412 g/mol. The first-order valence-corrected chi connectivity index (χ1v) is 9.58. The van der Waals surface area contributed by atoms with Gasteiger partial charge in [-0.1, -0.05) is 0 Å². The Balaban J connectivity index is 1.56. The maximum absolute atomic E-state index is 13.4. The van der Waals surface area contributed by atoms with Crippen molar-refractivity contribution < 1.29 is 18.7 Å². The van der Waals surface area contributed by atoms with Crippen molar-refractivity contribution in [2.24, 2.45) is 0 Å². The number of rotatable bonds is 3. The van der Waals surface area contributed by atoms with E-state index in [4.69, 9.17) is 4.42 Å². The Morgan fingerprint density at radius 3 is 2.55 bits per heavy atom. The second kappa shape index (κ2) is 6.53. The molecule has 8 heteroatoms. The van der Waals surface area contributed by atoms with Crippen molar-refractivity contribution in [2.45, 2.75) is 0 Å². The third-order valence-electron chi connectivity index (χ3n) is 5.30. The lowest BCUT2D eigenvalue weighted by atomic mass is 10.0. The number of hydrogen-bond acceptors (Lipinski definition) is 4. The molecule has 150 valence electrons. The number of imidazole rings is 2. The SMILES string of the molecule is O[n+]1c(-c2ccncc2)[nH]c2cc(-c3c(-c4ccc(F)cc4)nc4occn34)ccc21. The van der Waals surface area contributed by atoms with E-state index in [9.17, 15) is 9.60 Å². The summed E-state index contributed by atoms with van der Waals surface area (Å²) in [5.41, 5.74) is 5.31. The summed E-state index contributed by atoms with van der Waals surface area (Å²) < 4.78 is 21.9. The van der Waals surface area contributed by atoms with Crippen molar-refractivity contribution in [3.63, 3.8) is 0 Å². The topological polar surface area (TPSA) is 83.2 Å². The van der Waals surface area contributed by atoms with E-state index in [1.54, 1.807) is 37.0 Å². The second-order valence-corrected chi connectivity index (χ2v) is 7.12. The van der Waals surface area contributed by atoms with Gasteiger partial charge in [-0.15, -0.1) is 0 Å². The summed E-state index contributed by atoms with van der Waals surface area (Å²) in [5, 5.41) is 10.7. The van der Waals surface area contributed by atoms with Gasteiger partial charge in [0, 0.05) is 29.7 Å². The summed E-state index contributed by atoms with van der Waals surface area (Å²) in [6.45, 7) is 0. The maximum Gasteiger partial charge on any atom is 0.327 e. The molecule has 0 aliphatic carbocycles. The molecule has 0 radical (unpaired) electrons. The maximum atomic E-state index is 13.4. The van der Waals surface area contributed by atoms with Crippen molar-refractivity contribution in [3.8, 4) is 33.9 Å². The van der Waals surface area contributed by atoms with Crippen molar-refractivity contribution in [1.82, 2.24) is 19.4 Å². The van der Waals surface area contributed by atoms with Crippen LogP contribution in [-0.4, -0.2) is 24.6 Å². The first-order valence-electron chi connectivity index (χ1n) is 9.58. The molecule has 0 bridgehead atoms. The molecule has 6 rings (SSSR count). The largest absolute Gasteiger partial charge is 0.432 e. The van der Waals surface area contributed by atoms with Gasteiger partial charge in [0.25, 0.3) is 0 Å². The standard InChI is InChI=1S/C23H14FN5O2/c24-17-4-1-14(2-5-17)20-21(28-11-12-31-23(28)27-20)16-3-6-19-18(13-16)26-22(29(19)30)15-7-9-25-10-8-15/h1-13,30H/p+1. The second-order valence-electron chi connectivity index (χ2n) is 7.12. The van der Waals surface area contributed by atoms with E-state index in [0.29, 0.717) is 22.9 Å². The van der Waals surface area contributed by atoms with E-state index in [2.05, 4.69) is 15.0 Å². The average molecular weight is 412 g/mol. The van der Waals surface area contributed by atoms with E-state index in [0.717, 1.165) is 32.6 Å². The molecule has 6 aromatic rings. The molecule has 2 aromatic carbocycles.